The molecule has 0 saturated heterocycles. The Labute approximate surface area is 188 Å². The number of carbonyl (C=O) groups excluding carboxylic acids is 2. The SMILES string of the molecule is Cc1nn(-c2ccc(Cl)cc2)c2sc(C(=O)NCC(=O)Nc3ccc(F)c(F)c3F)cc12. The lowest BCUT2D eigenvalue weighted by atomic mass is 10.2. The number of rotatable bonds is 5. The topological polar surface area (TPSA) is 76.0 Å². The summed E-state index contributed by atoms with van der Waals surface area (Å²) in [4.78, 5) is 25.6. The van der Waals surface area contributed by atoms with Gasteiger partial charge in [0.05, 0.1) is 28.5 Å². The molecule has 11 heteroatoms. The predicted octanol–water partition coefficient (Wildman–Crippen LogP) is 4.83. The number of hydrogen-bond acceptors (Lipinski definition) is 4. The molecular formula is C21H14ClF3N4O2S. The van der Waals surface area contributed by atoms with Gasteiger partial charge >= 0.3 is 0 Å². The van der Waals surface area contributed by atoms with E-state index in [1.54, 1.807) is 35.0 Å². The Morgan fingerprint density at radius 2 is 1.81 bits per heavy atom. The van der Waals surface area contributed by atoms with E-state index in [1.165, 1.54) is 11.3 Å². The average molecular weight is 479 g/mol. The van der Waals surface area contributed by atoms with Crippen LogP contribution >= 0.6 is 22.9 Å². The summed E-state index contributed by atoms with van der Waals surface area (Å²) in [6.45, 7) is 1.32. The molecule has 0 spiro atoms. The van der Waals surface area contributed by atoms with E-state index >= 15 is 0 Å². The summed E-state index contributed by atoms with van der Waals surface area (Å²) >= 11 is 7.12. The van der Waals surface area contributed by atoms with Gasteiger partial charge in [-0.05, 0) is 49.4 Å². The molecule has 0 aliphatic heterocycles. The van der Waals surface area contributed by atoms with Gasteiger partial charge in [0.2, 0.25) is 5.91 Å². The van der Waals surface area contributed by atoms with Crippen LogP contribution in [0.3, 0.4) is 0 Å². The average Bonchev–Trinajstić information content (AvgIpc) is 3.34. The van der Waals surface area contributed by atoms with Crippen LogP contribution in [-0.2, 0) is 4.79 Å². The number of fused-ring (bicyclic) bond motifs is 1. The maximum Gasteiger partial charge on any atom is 0.261 e. The first kappa shape index (κ1) is 21.8. The number of benzene rings is 2. The Morgan fingerprint density at radius 3 is 2.53 bits per heavy atom. The Hall–Kier alpha value is -3.37. The second-order valence-corrected chi connectivity index (χ2v) is 8.22. The monoisotopic (exact) mass is 478 g/mol. The van der Waals surface area contributed by atoms with Crippen LogP contribution in [0.5, 0.6) is 0 Å². The lowest BCUT2D eigenvalue weighted by molar-refractivity contribution is -0.115. The number of nitrogens with zero attached hydrogens (tertiary/aromatic N) is 2. The van der Waals surface area contributed by atoms with E-state index < -0.39 is 41.5 Å². The third-order valence-corrected chi connectivity index (χ3v) is 5.92. The highest BCUT2D eigenvalue weighted by molar-refractivity contribution is 7.20. The smallest absolute Gasteiger partial charge is 0.261 e. The molecule has 2 N–H and O–H groups in total. The first-order valence-corrected chi connectivity index (χ1v) is 10.4. The minimum atomic E-state index is -1.69. The molecule has 0 radical (unpaired) electrons. The summed E-state index contributed by atoms with van der Waals surface area (Å²) in [7, 11) is 0. The van der Waals surface area contributed by atoms with Crippen LogP contribution in [0.15, 0.2) is 42.5 Å². The Kier molecular flexibility index (Phi) is 5.90. The van der Waals surface area contributed by atoms with Crippen molar-refractivity contribution in [1.82, 2.24) is 15.1 Å². The molecule has 0 saturated carbocycles. The Bertz CT molecular complexity index is 1350. The number of carbonyl (C=O) groups is 2. The second kappa shape index (κ2) is 8.64. The van der Waals surface area contributed by atoms with Gasteiger partial charge in [-0.15, -0.1) is 11.3 Å². The number of nitrogens with one attached hydrogen (secondary N) is 2. The van der Waals surface area contributed by atoms with Crippen LogP contribution in [0.2, 0.25) is 5.02 Å². The maximum absolute atomic E-state index is 13.7. The molecule has 2 aromatic heterocycles. The second-order valence-electron chi connectivity index (χ2n) is 6.76. The van der Waals surface area contributed by atoms with Crippen LogP contribution in [0.1, 0.15) is 15.4 Å². The van der Waals surface area contributed by atoms with E-state index in [0.29, 0.717) is 16.0 Å². The standard InChI is InChI=1S/C21H14ClF3N4O2S/c1-10-13-8-16(32-21(13)29(28-10)12-4-2-11(22)3-5-12)20(31)26-9-17(30)27-15-7-6-14(23)18(24)19(15)25/h2-8H,9H2,1H3,(H,26,31)(H,27,30). The molecule has 0 aliphatic carbocycles. The highest BCUT2D eigenvalue weighted by Gasteiger charge is 2.19. The highest BCUT2D eigenvalue weighted by Crippen LogP contribution is 2.30. The van der Waals surface area contributed by atoms with Crippen LogP contribution in [-0.4, -0.2) is 28.1 Å². The summed E-state index contributed by atoms with van der Waals surface area (Å²) < 4.78 is 41.6. The molecule has 0 fully saturated rings. The van der Waals surface area contributed by atoms with Crippen molar-refractivity contribution in [3.63, 3.8) is 0 Å². The van der Waals surface area contributed by atoms with Gasteiger partial charge in [-0.2, -0.15) is 5.10 Å². The van der Waals surface area contributed by atoms with Crippen molar-refractivity contribution in [2.45, 2.75) is 6.92 Å². The molecule has 0 unspecified atom stereocenters. The number of amides is 2. The molecule has 4 aromatic rings. The van der Waals surface area contributed by atoms with E-state index in [9.17, 15) is 22.8 Å². The van der Waals surface area contributed by atoms with E-state index in [4.69, 9.17) is 11.6 Å². The number of hydrogen-bond donors (Lipinski definition) is 2. The van der Waals surface area contributed by atoms with E-state index in [0.717, 1.165) is 27.7 Å². The third-order valence-electron chi connectivity index (χ3n) is 4.56. The van der Waals surface area contributed by atoms with Gasteiger partial charge < -0.3 is 10.6 Å². The molecule has 2 amide bonds. The predicted molar refractivity (Wildman–Crippen MR) is 116 cm³/mol. The normalized spacial score (nSPS) is 11.0. The van der Waals surface area contributed by atoms with Crippen LogP contribution in [0, 0.1) is 24.4 Å². The fourth-order valence-electron chi connectivity index (χ4n) is 2.98. The van der Waals surface area contributed by atoms with Gasteiger partial charge in [-0.25, -0.2) is 17.9 Å². The Morgan fingerprint density at radius 1 is 1.09 bits per heavy atom. The Balaban J connectivity index is 1.47. The summed E-state index contributed by atoms with van der Waals surface area (Å²) in [6, 6.07) is 10.3. The first-order valence-electron chi connectivity index (χ1n) is 9.21. The summed E-state index contributed by atoms with van der Waals surface area (Å²) in [5.74, 6) is -5.90. The molecule has 2 heterocycles. The zero-order valence-electron chi connectivity index (χ0n) is 16.4. The maximum atomic E-state index is 13.7. The molecule has 164 valence electrons. The van der Waals surface area contributed by atoms with Gasteiger partial charge in [-0.1, -0.05) is 11.6 Å². The summed E-state index contributed by atoms with van der Waals surface area (Å²) in [5.41, 5.74) is 0.967. The van der Waals surface area contributed by atoms with Gasteiger partial charge in [0, 0.05) is 10.4 Å². The van der Waals surface area contributed by atoms with Gasteiger partial charge in [-0.3, -0.25) is 9.59 Å². The number of thiophene rings is 1. The molecule has 0 aliphatic rings. The van der Waals surface area contributed by atoms with Crippen molar-refractivity contribution in [2.75, 3.05) is 11.9 Å². The van der Waals surface area contributed by atoms with Gasteiger partial charge in [0.1, 0.15) is 4.83 Å². The molecule has 2 aromatic carbocycles. The van der Waals surface area contributed by atoms with Crippen molar-refractivity contribution in [2.24, 2.45) is 0 Å². The largest absolute Gasteiger partial charge is 0.342 e. The van der Waals surface area contributed by atoms with Crippen molar-refractivity contribution in [3.05, 3.63) is 75.5 Å². The summed E-state index contributed by atoms with van der Waals surface area (Å²) in [6.07, 6.45) is 0. The number of aryl methyl sites for hydroxylation is 1. The van der Waals surface area contributed by atoms with Crippen LogP contribution in [0.25, 0.3) is 15.9 Å². The van der Waals surface area contributed by atoms with Crippen molar-refractivity contribution >= 4 is 50.7 Å². The van der Waals surface area contributed by atoms with Crippen molar-refractivity contribution in [3.8, 4) is 5.69 Å². The summed E-state index contributed by atoms with van der Waals surface area (Å²) in [5, 5.41) is 10.4. The lowest BCUT2D eigenvalue weighted by Crippen LogP contribution is -2.32. The quantitative estimate of drug-likeness (QED) is 0.403. The van der Waals surface area contributed by atoms with E-state index in [-0.39, 0.29) is 0 Å². The third kappa shape index (κ3) is 4.19. The first-order chi connectivity index (χ1) is 15.2. The molecular weight excluding hydrogens is 465 g/mol. The zero-order chi connectivity index (χ0) is 23.0. The highest BCUT2D eigenvalue weighted by atomic mass is 35.5. The zero-order valence-corrected chi connectivity index (χ0v) is 18.0. The molecule has 6 nitrogen and oxygen atoms in total. The molecule has 0 atom stereocenters. The number of anilines is 1. The lowest BCUT2D eigenvalue weighted by Gasteiger charge is -2.08. The minimum Gasteiger partial charge on any atom is -0.342 e. The van der Waals surface area contributed by atoms with Crippen LogP contribution < -0.4 is 10.6 Å². The van der Waals surface area contributed by atoms with Crippen LogP contribution in [0.4, 0.5) is 18.9 Å². The van der Waals surface area contributed by atoms with Crippen molar-refractivity contribution in [1.29, 1.82) is 0 Å². The molecule has 0 bridgehead atoms. The van der Waals surface area contributed by atoms with E-state index in [2.05, 4.69) is 15.7 Å². The fraction of sp³-hybridized carbons (Fsp3) is 0.0952. The molecule has 32 heavy (non-hydrogen) atoms. The van der Waals surface area contributed by atoms with Gasteiger partial charge in [0.15, 0.2) is 17.5 Å². The number of aromatic nitrogens is 2. The van der Waals surface area contributed by atoms with Gasteiger partial charge in [0.25, 0.3) is 5.91 Å². The minimum absolute atomic E-state index is 0.343. The van der Waals surface area contributed by atoms with Crippen molar-refractivity contribution < 1.29 is 22.8 Å². The fourth-order valence-corrected chi connectivity index (χ4v) is 4.21. The molecule has 4 rings (SSSR count). The van der Waals surface area contributed by atoms with E-state index in [1.807, 2.05) is 6.92 Å². The number of halogens is 4.